The summed E-state index contributed by atoms with van der Waals surface area (Å²) in [7, 11) is 0. The SMILES string of the molecule is CCOC(=O)C1=C(c2ccccc2)N=c2s/c(=C\c3cc(Br)cc(I)c3OCc3cccc4ccccc34)c(=O)n2[C@@H]1c1cccs1. The van der Waals surface area contributed by atoms with Crippen molar-refractivity contribution in [2.75, 3.05) is 6.61 Å². The molecule has 0 radical (unpaired) electrons. The highest BCUT2D eigenvalue weighted by Gasteiger charge is 2.35. The van der Waals surface area contributed by atoms with Crippen molar-refractivity contribution in [3.05, 3.63) is 157 Å². The second-order valence-corrected chi connectivity index (χ2v) is 14.7. The molecule has 0 amide bonds. The monoisotopic (exact) mass is 832 g/mol. The van der Waals surface area contributed by atoms with Gasteiger partial charge in [0.05, 0.1) is 26.0 Å². The van der Waals surface area contributed by atoms with E-state index < -0.39 is 12.0 Å². The van der Waals surface area contributed by atoms with Crippen molar-refractivity contribution in [3.8, 4) is 5.75 Å². The molecule has 2 aromatic heterocycles. The van der Waals surface area contributed by atoms with E-state index in [2.05, 4.69) is 62.8 Å². The molecule has 1 aliphatic rings. The minimum absolute atomic E-state index is 0.203. The van der Waals surface area contributed by atoms with E-state index in [-0.39, 0.29) is 12.2 Å². The van der Waals surface area contributed by atoms with Crippen molar-refractivity contribution in [2.24, 2.45) is 4.99 Å². The van der Waals surface area contributed by atoms with Crippen LogP contribution in [-0.4, -0.2) is 17.1 Å². The van der Waals surface area contributed by atoms with Crippen LogP contribution in [-0.2, 0) is 16.1 Å². The van der Waals surface area contributed by atoms with Crippen molar-refractivity contribution in [1.82, 2.24) is 4.57 Å². The molecule has 0 N–H and O–H groups in total. The van der Waals surface area contributed by atoms with E-state index in [9.17, 15) is 9.59 Å². The van der Waals surface area contributed by atoms with Crippen LogP contribution in [0.5, 0.6) is 5.75 Å². The van der Waals surface area contributed by atoms with E-state index in [4.69, 9.17) is 14.5 Å². The molecule has 0 bridgehead atoms. The number of hydrogen-bond donors (Lipinski definition) is 0. The van der Waals surface area contributed by atoms with Gasteiger partial charge in [0, 0.05) is 20.5 Å². The summed E-state index contributed by atoms with van der Waals surface area (Å²) in [4.78, 5) is 34.3. The van der Waals surface area contributed by atoms with Crippen molar-refractivity contribution in [1.29, 1.82) is 0 Å². The first-order valence-electron chi connectivity index (χ1n) is 14.8. The summed E-state index contributed by atoms with van der Waals surface area (Å²) in [6, 6.07) is 31.1. The third-order valence-corrected chi connectivity index (χ3v) is 10.9. The number of carbonyl (C=O) groups excluding carboxylic acids is 1. The molecule has 47 heavy (non-hydrogen) atoms. The highest BCUT2D eigenvalue weighted by Crippen LogP contribution is 2.37. The van der Waals surface area contributed by atoms with Gasteiger partial charge in [-0.25, -0.2) is 9.79 Å². The lowest BCUT2D eigenvalue weighted by Gasteiger charge is -2.24. The van der Waals surface area contributed by atoms with Gasteiger partial charge in [-0.3, -0.25) is 9.36 Å². The molecule has 3 heterocycles. The van der Waals surface area contributed by atoms with E-state index >= 15 is 0 Å². The maximum atomic E-state index is 14.4. The first-order valence-corrected chi connectivity index (χ1v) is 18.4. The lowest BCUT2D eigenvalue weighted by molar-refractivity contribution is -0.138. The Kier molecular flexibility index (Phi) is 9.26. The van der Waals surface area contributed by atoms with E-state index in [1.54, 1.807) is 11.5 Å². The number of thiazole rings is 1. The van der Waals surface area contributed by atoms with Gasteiger partial charge in [0.25, 0.3) is 5.56 Å². The number of rotatable bonds is 8. The quantitative estimate of drug-likeness (QED) is 0.115. The molecule has 7 rings (SSSR count). The molecule has 0 saturated carbocycles. The molecular weight excluding hydrogens is 807 g/mol. The molecule has 6 nitrogen and oxygen atoms in total. The number of nitrogens with zero attached hydrogens (tertiary/aromatic N) is 2. The van der Waals surface area contributed by atoms with Crippen LogP contribution in [0.25, 0.3) is 22.5 Å². The third-order valence-electron chi connectivity index (χ3n) is 7.76. The summed E-state index contributed by atoms with van der Waals surface area (Å²) in [5.41, 5.74) is 3.22. The summed E-state index contributed by atoms with van der Waals surface area (Å²) < 4.78 is 15.9. The maximum Gasteiger partial charge on any atom is 0.338 e. The van der Waals surface area contributed by atoms with Crippen molar-refractivity contribution < 1.29 is 14.3 Å². The second-order valence-electron chi connectivity index (χ2n) is 10.7. The highest BCUT2D eigenvalue weighted by molar-refractivity contribution is 14.1. The average Bonchev–Trinajstić information content (AvgIpc) is 3.72. The topological polar surface area (TPSA) is 69.9 Å². The van der Waals surface area contributed by atoms with Crippen LogP contribution in [0.3, 0.4) is 0 Å². The smallest absolute Gasteiger partial charge is 0.338 e. The van der Waals surface area contributed by atoms with Gasteiger partial charge in [0.15, 0.2) is 4.80 Å². The van der Waals surface area contributed by atoms with Gasteiger partial charge in [0.2, 0.25) is 0 Å². The molecule has 10 heteroatoms. The first-order chi connectivity index (χ1) is 22.9. The van der Waals surface area contributed by atoms with Crippen LogP contribution >= 0.6 is 61.2 Å². The van der Waals surface area contributed by atoms with Crippen LogP contribution in [0.1, 0.15) is 34.5 Å². The molecule has 0 aliphatic carbocycles. The Balaban J connectivity index is 1.38. The van der Waals surface area contributed by atoms with Gasteiger partial charge < -0.3 is 9.47 Å². The summed E-state index contributed by atoms with van der Waals surface area (Å²) in [5.74, 6) is 0.188. The van der Waals surface area contributed by atoms with Crippen LogP contribution < -0.4 is 19.6 Å². The van der Waals surface area contributed by atoms with Crippen LogP contribution in [0.2, 0.25) is 0 Å². The normalized spacial score (nSPS) is 14.6. The van der Waals surface area contributed by atoms with Gasteiger partial charge in [-0.1, -0.05) is 106 Å². The third kappa shape index (κ3) is 6.27. The van der Waals surface area contributed by atoms with Crippen molar-refractivity contribution in [2.45, 2.75) is 19.6 Å². The minimum atomic E-state index is -0.688. The largest absolute Gasteiger partial charge is 0.487 e. The molecule has 0 saturated heterocycles. The number of esters is 1. The number of fused-ring (bicyclic) bond motifs is 2. The number of carbonyl (C=O) groups is 1. The van der Waals surface area contributed by atoms with Crippen LogP contribution in [0.4, 0.5) is 0 Å². The van der Waals surface area contributed by atoms with Gasteiger partial charge in [-0.05, 0) is 75.5 Å². The fourth-order valence-electron chi connectivity index (χ4n) is 5.71. The molecule has 4 aromatic carbocycles. The summed E-state index contributed by atoms with van der Waals surface area (Å²) >= 11 is 8.68. The Labute approximate surface area is 300 Å². The Morgan fingerprint density at radius 2 is 1.81 bits per heavy atom. The zero-order chi connectivity index (χ0) is 32.5. The first kappa shape index (κ1) is 31.7. The lowest BCUT2D eigenvalue weighted by atomic mass is 9.97. The summed E-state index contributed by atoms with van der Waals surface area (Å²) in [6.07, 6.45) is 1.86. The number of benzene rings is 4. The predicted octanol–water partition coefficient (Wildman–Crippen LogP) is 8.10. The Morgan fingerprint density at radius 1 is 1.02 bits per heavy atom. The Bertz CT molecular complexity index is 2340. The molecule has 1 aliphatic heterocycles. The Morgan fingerprint density at radius 3 is 2.60 bits per heavy atom. The highest BCUT2D eigenvalue weighted by atomic mass is 127. The van der Waals surface area contributed by atoms with E-state index in [0.29, 0.717) is 33.0 Å². The molecule has 0 fully saturated rings. The lowest BCUT2D eigenvalue weighted by Crippen LogP contribution is -2.39. The number of hydrogen-bond acceptors (Lipinski definition) is 7. The van der Waals surface area contributed by atoms with Crippen LogP contribution in [0, 0.1) is 3.57 Å². The zero-order valence-corrected chi connectivity index (χ0v) is 30.4. The standard InChI is InChI=1S/C37H26BrIN2O4S2/c1-2-44-36(43)31-32(23-11-4-3-5-12-23)40-37-41(33(31)29-16-9-17-46-29)35(42)30(47-37)19-25-18-26(38)20-28(39)34(25)45-21-24-14-8-13-22-10-6-7-15-27(22)24/h3-20,33H,2,21H2,1H3/b30-19-/t33-/m1/s1. The molecule has 0 spiro atoms. The van der Waals surface area contributed by atoms with Crippen molar-refractivity contribution >= 4 is 89.7 Å². The summed E-state index contributed by atoms with van der Waals surface area (Å²) in [6.45, 7) is 2.34. The number of ether oxygens (including phenoxy) is 2. The number of thiophene rings is 1. The molecule has 6 aromatic rings. The van der Waals surface area contributed by atoms with E-state index in [1.807, 2.05) is 84.3 Å². The predicted molar refractivity (Wildman–Crippen MR) is 201 cm³/mol. The number of aromatic nitrogens is 1. The fraction of sp³-hybridized carbons (Fsp3) is 0.108. The van der Waals surface area contributed by atoms with Crippen LogP contribution in [0.15, 0.2) is 122 Å². The van der Waals surface area contributed by atoms with Gasteiger partial charge >= 0.3 is 5.97 Å². The van der Waals surface area contributed by atoms with Crippen molar-refractivity contribution in [3.63, 3.8) is 0 Å². The molecule has 1 atom stereocenters. The maximum absolute atomic E-state index is 14.4. The number of halogens is 2. The zero-order valence-electron chi connectivity index (χ0n) is 25.0. The van der Waals surface area contributed by atoms with Gasteiger partial charge in [0.1, 0.15) is 18.4 Å². The molecule has 234 valence electrons. The fourth-order valence-corrected chi connectivity index (χ4v) is 9.23. The van der Waals surface area contributed by atoms with Gasteiger partial charge in [-0.15, -0.1) is 11.3 Å². The molecular formula is C37H26BrIN2O4S2. The molecule has 0 unspecified atom stereocenters. The minimum Gasteiger partial charge on any atom is -0.487 e. The summed E-state index contributed by atoms with van der Waals surface area (Å²) in [5, 5.41) is 4.23. The van der Waals surface area contributed by atoms with E-state index in [0.717, 1.165) is 40.4 Å². The second kappa shape index (κ2) is 13.7. The van der Waals surface area contributed by atoms with E-state index in [1.165, 1.54) is 22.7 Å². The van der Waals surface area contributed by atoms with Gasteiger partial charge in [-0.2, -0.15) is 0 Å². The Hall–Kier alpha value is -3.84. The average molecular weight is 834 g/mol.